The van der Waals surface area contributed by atoms with Gasteiger partial charge in [-0.05, 0) is 23.8 Å². The van der Waals surface area contributed by atoms with Crippen LogP contribution in [0.5, 0.6) is 0 Å². The topological polar surface area (TPSA) is 107 Å². The Morgan fingerprint density at radius 2 is 1.79 bits per heavy atom. The van der Waals surface area contributed by atoms with Crippen LogP contribution in [0.2, 0.25) is 0 Å². The molecule has 0 aliphatic heterocycles. The fraction of sp³-hybridized carbons (Fsp3) is 0.0476. The molecule has 0 atom stereocenters. The Balaban J connectivity index is 1.60. The van der Waals surface area contributed by atoms with Gasteiger partial charge in [0.15, 0.2) is 0 Å². The van der Waals surface area contributed by atoms with Gasteiger partial charge in [-0.3, -0.25) is 19.0 Å². The first-order chi connectivity index (χ1) is 14.0. The van der Waals surface area contributed by atoms with E-state index in [1.807, 2.05) is 30.3 Å². The lowest BCUT2D eigenvalue weighted by atomic mass is 10.1. The van der Waals surface area contributed by atoms with E-state index >= 15 is 0 Å². The van der Waals surface area contributed by atoms with E-state index in [0.717, 1.165) is 10.4 Å². The van der Waals surface area contributed by atoms with E-state index in [4.69, 9.17) is 5.73 Å². The largest absolute Gasteiger partial charge is 0.366 e. The maximum absolute atomic E-state index is 12.8. The van der Waals surface area contributed by atoms with Crippen LogP contribution in [0, 0.1) is 0 Å². The molecule has 29 heavy (non-hydrogen) atoms. The fourth-order valence-corrected chi connectivity index (χ4v) is 3.96. The van der Waals surface area contributed by atoms with Gasteiger partial charge >= 0.3 is 0 Å². The lowest BCUT2D eigenvalue weighted by Gasteiger charge is -2.09. The normalized spacial score (nSPS) is 10.8. The smallest absolute Gasteiger partial charge is 0.262 e. The Labute approximate surface area is 169 Å². The monoisotopic (exact) mass is 404 g/mol. The molecular formula is C21H16N4O3S. The third-order valence-corrected chi connectivity index (χ3v) is 5.45. The number of thiophene rings is 1. The molecule has 8 heteroatoms. The van der Waals surface area contributed by atoms with Crippen LogP contribution >= 0.6 is 11.3 Å². The van der Waals surface area contributed by atoms with Gasteiger partial charge in [0.25, 0.3) is 11.5 Å². The van der Waals surface area contributed by atoms with E-state index in [-0.39, 0.29) is 17.7 Å². The van der Waals surface area contributed by atoms with Crippen LogP contribution in [-0.4, -0.2) is 21.4 Å². The predicted octanol–water partition coefficient (Wildman–Crippen LogP) is 2.86. The van der Waals surface area contributed by atoms with Gasteiger partial charge < -0.3 is 11.1 Å². The Morgan fingerprint density at radius 3 is 2.55 bits per heavy atom. The third kappa shape index (κ3) is 3.78. The lowest BCUT2D eigenvalue weighted by Crippen LogP contribution is -2.28. The third-order valence-electron chi connectivity index (χ3n) is 4.36. The van der Waals surface area contributed by atoms with Crippen molar-refractivity contribution in [1.82, 2.24) is 9.55 Å². The Morgan fingerprint density at radius 1 is 1.07 bits per heavy atom. The standard InChI is InChI=1S/C21H16N4O3S/c22-19(27)14-8-4-5-9-16(14)24-18(26)11-25-12-23-20-15(21(25)28)10-17(29-20)13-6-2-1-3-7-13/h1-10,12H,11H2,(H2,22,27)(H,24,26). The summed E-state index contributed by atoms with van der Waals surface area (Å²) in [5.41, 5.74) is 6.53. The number of anilines is 1. The average Bonchev–Trinajstić information content (AvgIpc) is 3.16. The highest BCUT2D eigenvalue weighted by molar-refractivity contribution is 7.21. The van der Waals surface area contributed by atoms with E-state index in [2.05, 4.69) is 10.3 Å². The summed E-state index contributed by atoms with van der Waals surface area (Å²) in [4.78, 5) is 42.6. The number of para-hydroxylation sites is 1. The Hall–Kier alpha value is -3.78. The minimum atomic E-state index is -0.645. The zero-order chi connectivity index (χ0) is 20.4. The summed E-state index contributed by atoms with van der Waals surface area (Å²) in [7, 11) is 0. The molecule has 0 saturated heterocycles. The molecule has 0 aliphatic carbocycles. The van der Waals surface area contributed by atoms with Crippen LogP contribution in [0.4, 0.5) is 5.69 Å². The van der Waals surface area contributed by atoms with Crippen molar-refractivity contribution in [3.05, 3.63) is 82.9 Å². The summed E-state index contributed by atoms with van der Waals surface area (Å²) in [5, 5.41) is 3.08. The molecule has 3 N–H and O–H groups in total. The van der Waals surface area contributed by atoms with E-state index in [1.165, 1.54) is 28.3 Å². The number of benzene rings is 2. The van der Waals surface area contributed by atoms with Gasteiger partial charge in [-0.2, -0.15) is 0 Å². The molecule has 2 aromatic carbocycles. The minimum absolute atomic E-state index is 0.201. The second-order valence-corrected chi connectivity index (χ2v) is 7.36. The van der Waals surface area contributed by atoms with Crippen molar-refractivity contribution in [2.75, 3.05) is 5.32 Å². The van der Waals surface area contributed by atoms with E-state index in [0.29, 0.717) is 15.9 Å². The first-order valence-electron chi connectivity index (χ1n) is 8.76. The molecule has 2 amide bonds. The molecule has 0 fully saturated rings. The van der Waals surface area contributed by atoms with Gasteiger partial charge in [-0.1, -0.05) is 42.5 Å². The Bertz CT molecular complexity index is 1280. The summed E-state index contributed by atoms with van der Waals surface area (Å²) in [6.07, 6.45) is 1.36. The predicted molar refractivity (Wildman–Crippen MR) is 113 cm³/mol. The van der Waals surface area contributed by atoms with Crippen LogP contribution in [0.25, 0.3) is 20.7 Å². The van der Waals surface area contributed by atoms with Crippen molar-refractivity contribution in [3.8, 4) is 10.4 Å². The number of hydrogen-bond acceptors (Lipinski definition) is 5. The van der Waals surface area contributed by atoms with Gasteiger partial charge in [0.1, 0.15) is 11.4 Å². The molecule has 0 saturated carbocycles. The number of nitrogens with one attached hydrogen (secondary N) is 1. The van der Waals surface area contributed by atoms with E-state index in [9.17, 15) is 14.4 Å². The summed E-state index contributed by atoms with van der Waals surface area (Å²) < 4.78 is 1.24. The Kier molecular flexibility index (Phi) is 4.92. The number of aromatic nitrogens is 2. The van der Waals surface area contributed by atoms with Gasteiger partial charge in [0, 0.05) is 4.88 Å². The van der Waals surface area contributed by atoms with Crippen LogP contribution in [-0.2, 0) is 11.3 Å². The first kappa shape index (κ1) is 18.6. The summed E-state index contributed by atoms with van der Waals surface area (Å²) in [6, 6.07) is 17.9. The van der Waals surface area contributed by atoms with Crippen molar-refractivity contribution < 1.29 is 9.59 Å². The zero-order valence-electron chi connectivity index (χ0n) is 15.2. The summed E-state index contributed by atoms with van der Waals surface area (Å²) in [6.45, 7) is -0.231. The quantitative estimate of drug-likeness (QED) is 0.533. The highest BCUT2D eigenvalue weighted by atomic mass is 32.1. The zero-order valence-corrected chi connectivity index (χ0v) is 16.0. The SMILES string of the molecule is NC(=O)c1ccccc1NC(=O)Cn1cnc2sc(-c3ccccc3)cc2c1=O. The second-order valence-electron chi connectivity index (χ2n) is 6.33. The highest BCUT2D eigenvalue weighted by Crippen LogP contribution is 2.30. The first-order valence-corrected chi connectivity index (χ1v) is 9.57. The minimum Gasteiger partial charge on any atom is -0.366 e. The molecular weight excluding hydrogens is 388 g/mol. The average molecular weight is 404 g/mol. The van der Waals surface area contributed by atoms with Crippen LogP contribution in [0.1, 0.15) is 10.4 Å². The van der Waals surface area contributed by atoms with E-state index in [1.54, 1.807) is 24.3 Å². The molecule has 0 bridgehead atoms. The number of hydrogen-bond donors (Lipinski definition) is 2. The number of nitrogens with two attached hydrogens (primary N) is 1. The summed E-state index contributed by atoms with van der Waals surface area (Å²) >= 11 is 1.42. The highest BCUT2D eigenvalue weighted by Gasteiger charge is 2.14. The molecule has 4 aromatic rings. The molecule has 0 unspecified atom stereocenters. The van der Waals surface area contributed by atoms with Crippen LogP contribution in [0.15, 0.2) is 71.8 Å². The van der Waals surface area contributed by atoms with Crippen LogP contribution < -0.4 is 16.6 Å². The van der Waals surface area contributed by atoms with Gasteiger partial charge in [0.05, 0.1) is 23.0 Å². The van der Waals surface area contributed by atoms with Crippen molar-refractivity contribution in [3.63, 3.8) is 0 Å². The molecule has 0 aliphatic rings. The molecule has 2 aromatic heterocycles. The number of nitrogens with zero attached hydrogens (tertiary/aromatic N) is 2. The number of carbonyl (C=O) groups excluding carboxylic acids is 2. The van der Waals surface area contributed by atoms with Gasteiger partial charge in [0.2, 0.25) is 5.91 Å². The van der Waals surface area contributed by atoms with Crippen LogP contribution in [0.3, 0.4) is 0 Å². The second kappa shape index (κ2) is 7.69. The number of carbonyl (C=O) groups is 2. The molecule has 2 heterocycles. The lowest BCUT2D eigenvalue weighted by molar-refractivity contribution is -0.116. The fourth-order valence-electron chi connectivity index (χ4n) is 2.97. The maximum atomic E-state index is 12.8. The van der Waals surface area contributed by atoms with Crippen molar-refractivity contribution in [2.24, 2.45) is 5.73 Å². The number of primary amides is 1. The molecule has 0 spiro atoms. The van der Waals surface area contributed by atoms with Gasteiger partial charge in [-0.25, -0.2) is 4.98 Å². The number of amides is 2. The van der Waals surface area contributed by atoms with E-state index < -0.39 is 11.8 Å². The number of fused-ring (bicyclic) bond motifs is 1. The molecule has 7 nitrogen and oxygen atoms in total. The molecule has 0 radical (unpaired) electrons. The van der Waals surface area contributed by atoms with Crippen molar-refractivity contribution in [2.45, 2.75) is 6.54 Å². The maximum Gasteiger partial charge on any atom is 0.262 e. The molecule has 144 valence electrons. The van der Waals surface area contributed by atoms with Crippen molar-refractivity contribution in [1.29, 1.82) is 0 Å². The molecule has 4 rings (SSSR count). The number of rotatable bonds is 5. The van der Waals surface area contributed by atoms with Crippen molar-refractivity contribution >= 4 is 39.1 Å². The summed E-state index contributed by atoms with van der Waals surface area (Å²) in [5.74, 6) is -1.10. The van der Waals surface area contributed by atoms with Gasteiger partial charge in [-0.15, -0.1) is 11.3 Å².